The summed E-state index contributed by atoms with van der Waals surface area (Å²) in [6.45, 7) is 8.40. The third-order valence-corrected chi connectivity index (χ3v) is 4.51. The van der Waals surface area contributed by atoms with Gasteiger partial charge < -0.3 is 0 Å². The first-order valence-electron chi connectivity index (χ1n) is 9.00. The molecular weight excluding hydrogens is 252 g/mol. The maximum atomic E-state index is 3.89. The third kappa shape index (κ3) is 7.50. The van der Waals surface area contributed by atoms with E-state index in [-0.39, 0.29) is 0 Å². The Balaban J connectivity index is 2.05. The van der Waals surface area contributed by atoms with Crippen molar-refractivity contribution in [1.82, 2.24) is 0 Å². The highest BCUT2D eigenvalue weighted by Gasteiger charge is 2.01. The van der Waals surface area contributed by atoms with Crippen molar-refractivity contribution in [2.24, 2.45) is 0 Å². The smallest absolute Gasteiger partial charge is 0.0230 e. The molecule has 0 amide bonds. The van der Waals surface area contributed by atoms with E-state index in [2.05, 4.69) is 38.6 Å². The Morgan fingerprint density at radius 3 is 2.00 bits per heavy atom. The summed E-state index contributed by atoms with van der Waals surface area (Å²) in [7, 11) is 0. The molecule has 21 heavy (non-hydrogen) atoms. The molecule has 0 aliphatic carbocycles. The Kier molecular flexibility index (Phi) is 9.95. The van der Waals surface area contributed by atoms with Crippen LogP contribution in [0.4, 0.5) is 0 Å². The van der Waals surface area contributed by atoms with Crippen LogP contribution in [0, 0.1) is 6.92 Å². The van der Waals surface area contributed by atoms with Gasteiger partial charge >= 0.3 is 0 Å². The molecule has 0 fully saturated rings. The minimum absolute atomic E-state index is 1.23. The lowest BCUT2D eigenvalue weighted by Gasteiger charge is -2.08. The fourth-order valence-corrected chi connectivity index (χ4v) is 3.00. The zero-order valence-corrected chi connectivity index (χ0v) is 14.3. The first kappa shape index (κ1) is 18.0. The first-order chi connectivity index (χ1) is 10.3. The third-order valence-electron chi connectivity index (χ3n) is 4.51. The van der Waals surface area contributed by atoms with Crippen molar-refractivity contribution in [3.05, 3.63) is 41.5 Å². The van der Waals surface area contributed by atoms with Crippen LogP contribution in [-0.4, -0.2) is 0 Å². The highest BCUT2D eigenvalue weighted by atomic mass is 14.1. The molecular formula is C21H34. The Labute approximate surface area is 132 Å². The summed E-state index contributed by atoms with van der Waals surface area (Å²) >= 11 is 0. The van der Waals surface area contributed by atoms with Crippen molar-refractivity contribution in [3.8, 4) is 0 Å². The van der Waals surface area contributed by atoms with Crippen molar-refractivity contribution < 1.29 is 0 Å². The van der Waals surface area contributed by atoms with Gasteiger partial charge in [0, 0.05) is 0 Å². The zero-order chi connectivity index (χ0) is 15.3. The second kappa shape index (κ2) is 11.6. The predicted octanol–water partition coefficient (Wildman–Crippen LogP) is 7.10. The van der Waals surface area contributed by atoms with E-state index in [1.807, 2.05) is 6.08 Å². The van der Waals surface area contributed by atoms with Gasteiger partial charge in [-0.3, -0.25) is 0 Å². The number of hydrogen-bond donors (Lipinski definition) is 0. The van der Waals surface area contributed by atoms with Gasteiger partial charge in [-0.05, 0) is 36.5 Å². The van der Waals surface area contributed by atoms with Crippen LogP contribution in [0.1, 0.15) is 87.8 Å². The van der Waals surface area contributed by atoms with Gasteiger partial charge in [0.15, 0.2) is 0 Å². The summed E-state index contributed by atoms with van der Waals surface area (Å²) in [6.07, 6.45) is 17.3. The fraction of sp³-hybridized carbons (Fsp3) is 0.619. The van der Waals surface area contributed by atoms with Crippen molar-refractivity contribution >= 4 is 6.08 Å². The van der Waals surface area contributed by atoms with Crippen LogP contribution >= 0.6 is 0 Å². The molecule has 0 saturated carbocycles. The van der Waals surface area contributed by atoms with E-state index in [0.29, 0.717) is 0 Å². The average molecular weight is 287 g/mol. The molecule has 0 aliphatic heterocycles. The number of rotatable bonds is 12. The molecule has 0 radical (unpaired) electrons. The molecule has 1 aromatic rings. The summed E-state index contributed by atoms with van der Waals surface area (Å²) in [5.41, 5.74) is 4.22. The van der Waals surface area contributed by atoms with E-state index in [4.69, 9.17) is 0 Å². The molecule has 0 nitrogen and oxygen atoms in total. The van der Waals surface area contributed by atoms with E-state index in [1.54, 1.807) is 0 Å². The minimum atomic E-state index is 1.23. The number of unbranched alkanes of at least 4 members (excludes halogenated alkanes) is 9. The van der Waals surface area contributed by atoms with Crippen molar-refractivity contribution in [2.75, 3.05) is 0 Å². The molecule has 0 N–H and O–H groups in total. The number of aryl methyl sites for hydroxylation is 1. The van der Waals surface area contributed by atoms with Gasteiger partial charge in [-0.2, -0.15) is 0 Å². The van der Waals surface area contributed by atoms with E-state index in [0.717, 1.165) is 0 Å². The molecule has 0 aromatic heterocycles. The molecule has 0 atom stereocenters. The lowest BCUT2D eigenvalue weighted by molar-refractivity contribution is 0.556. The molecule has 0 spiro atoms. The van der Waals surface area contributed by atoms with Crippen LogP contribution in [-0.2, 0) is 6.42 Å². The Morgan fingerprint density at radius 1 is 0.857 bits per heavy atom. The SMILES string of the molecule is C=Cc1cccc(CCCCCCCCCCCC)c1C. The molecule has 118 valence electrons. The molecule has 0 saturated heterocycles. The largest absolute Gasteiger partial charge is 0.0985 e. The van der Waals surface area contributed by atoms with Crippen molar-refractivity contribution in [3.63, 3.8) is 0 Å². The van der Waals surface area contributed by atoms with E-state index in [9.17, 15) is 0 Å². The summed E-state index contributed by atoms with van der Waals surface area (Å²) in [5.74, 6) is 0. The highest BCUT2D eigenvalue weighted by molar-refractivity contribution is 5.53. The van der Waals surface area contributed by atoms with Gasteiger partial charge in [0.2, 0.25) is 0 Å². The van der Waals surface area contributed by atoms with E-state index < -0.39 is 0 Å². The van der Waals surface area contributed by atoms with Gasteiger partial charge in [-0.15, -0.1) is 0 Å². The lowest BCUT2D eigenvalue weighted by Crippen LogP contribution is -1.92. The summed E-state index contributed by atoms with van der Waals surface area (Å²) in [4.78, 5) is 0. The number of hydrogen-bond acceptors (Lipinski definition) is 0. The first-order valence-corrected chi connectivity index (χ1v) is 9.00. The van der Waals surface area contributed by atoms with E-state index >= 15 is 0 Å². The molecule has 1 rings (SSSR count). The molecule has 0 heteroatoms. The molecule has 0 bridgehead atoms. The Hall–Kier alpha value is -1.04. The predicted molar refractivity (Wildman–Crippen MR) is 96.8 cm³/mol. The van der Waals surface area contributed by atoms with Gasteiger partial charge in [0.25, 0.3) is 0 Å². The van der Waals surface area contributed by atoms with Gasteiger partial charge in [-0.25, -0.2) is 0 Å². The normalized spacial score (nSPS) is 10.8. The topological polar surface area (TPSA) is 0 Å². The van der Waals surface area contributed by atoms with Crippen LogP contribution in [0.3, 0.4) is 0 Å². The molecule has 0 aliphatic rings. The second-order valence-corrected chi connectivity index (χ2v) is 6.27. The Bertz CT molecular complexity index is 389. The van der Waals surface area contributed by atoms with E-state index in [1.165, 1.54) is 87.3 Å². The Morgan fingerprint density at radius 2 is 1.43 bits per heavy atom. The van der Waals surface area contributed by atoms with Gasteiger partial charge in [-0.1, -0.05) is 95.6 Å². The highest BCUT2D eigenvalue weighted by Crippen LogP contribution is 2.18. The fourth-order valence-electron chi connectivity index (χ4n) is 3.00. The monoisotopic (exact) mass is 286 g/mol. The summed E-state index contributed by atoms with van der Waals surface area (Å²) in [6, 6.07) is 6.59. The van der Waals surface area contributed by atoms with Gasteiger partial charge in [0.1, 0.15) is 0 Å². The van der Waals surface area contributed by atoms with Crippen LogP contribution in [0.2, 0.25) is 0 Å². The summed E-state index contributed by atoms with van der Waals surface area (Å²) < 4.78 is 0. The maximum Gasteiger partial charge on any atom is -0.0230 e. The van der Waals surface area contributed by atoms with Crippen molar-refractivity contribution in [1.29, 1.82) is 0 Å². The van der Waals surface area contributed by atoms with Crippen LogP contribution in [0.25, 0.3) is 6.08 Å². The quantitative estimate of drug-likeness (QED) is 0.359. The number of benzene rings is 1. The minimum Gasteiger partial charge on any atom is -0.0985 e. The van der Waals surface area contributed by atoms with Crippen LogP contribution in [0.5, 0.6) is 0 Å². The molecule has 0 heterocycles. The second-order valence-electron chi connectivity index (χ2n) is 6.27. The maximum absolute atomic E-state index is 3.89. The average Bonchev–Trinajstić information content (AvgIpc) is 2.50. The molecule has 0 unspecified atom stereocenters. The molecule has 1 aromatic carbocycles. The zero-order valence-electron chi connectivity index (χ0n) is 14.3. The van der Waals surface area contributed by atoms with Crippen LogP contribution in [0.15, 0.2) is 24.8 Å². The van der Waals surface area contributed by atoms with Crippen LogP contribution < -0.4 is 0 Å². The lowest BCUT2D eigenvalue weighted by atomic mass is 9.97. The van der Waals surface area contributed by atoms with Gasteiger partial charge in [0.05, 0.1) is 0 Å². The summed E-state index contributed by atoms with van der Waals surface area (Å²) in [5, 5.41) is 0. The van der Waals surface area contributed by atoms with Crippen molar-refractivity contribution in [2.45, 2.75) is 84.5 Å². The standard InChI is InChI=1S/C21H34/c1-4-6-7-8-9-10-11-12-13-14-16-21-18-15-17-20(5-2)19(21)3/h5,15,17-18H,2,4,6-14,16H2,1,3H3.